The van der Waals surface area contributed by atoms with Gasteiger partial charge in [-0.25, -0.2) is 4.57 Å². The number of para-hydroxylation sites is 2. The molecule has 4 nitrogen and oxygen atoms in total. The third-order valence-electron chi connectivity index (χ3n) is 1.96. The van der Waals surface area contributed by atoms with Gasteiger partial charge >= 0.3 is 7.60 Å². The minimum atomic E-state index is -3.08. The Kier molecular flexibility index (Phi) is 2.98. The summed E-state index contributed by atoms with van der Waals surface area (Å²) in [6.07, 6.45) is 0.791. The Hall–Kier alpha value is -0.990. The summed E-state index contributed by atoms with van der Waals surface area (Å²) < 4.78 is 27.8. The lowest BCUT2D eigenvalue weighted by molar-refractivity contribution is 0.216. The van der Waals surface area contributed by atoms with Gasteiger partial charge in [0.05, 0.1) is 6.61 Å². The van der Waals surface area contributed by atoms with Gasteiger partial charge in [-0.1, -0.05) is 19.1 Å². The van der Waals surface area contributed by atoms with Gasteiger partial charge < -0.3 is 9.26 Å². The smallest absolute Gasteiger partial charge is 0.416 e. The SMILES string of the molecule is CCCO[P@]1(=O)COc2ccccc2O1. The van der Waals surface area contributed by atoms with Crippen molar-refractivity contribution >= 4 is 7.60 Å². The lowest BCUT2D eigenvalue weighted by atomic mass is 10.3. The normalized spacial score (nSPS) is 23.8. The summed E-state index contributed by atoms with van der Waals surface area (Å²) in [5.74, 6) is 1.10. The number of rotatable bonds is 3. The standard InChI is InChI=1S/C10H13O4P/c1-2-7-13-15(11)8-12-9-5-3-4-6-10(9)14-15/h3-6H,2,7-8H2,1H3/t15-/m1/s1. The Morgan fingerprint density at radius 3 is 2.87 bits per heavy atom. The minimum Gasteiger partial charge on any atom is -0.476 e. The molecule has 0 amide bonds. The molecule has 0 aromatic heterocycles. The van der Waals surface area contributed by atoms with Crippen LogP contribution in [0.5, 0.6) is 11.5 Å². The quantitative estimate of drug-likeness (QED) is 0.746. The van der Waals surface area contributed by atoms with Crippen LogP contribution in [0.25, 0.3) is 0 Å². The van der Waals surface area contributed by atoms with E-state index in [1.165, 1.54) is 0 Å². The average Bonchev–Trinajstić information content (AvgIpc) is 2.26. The summed E-state index contributed by atoms with van der Waals surface area (Å²) in [7, 11) is -3.08. The summed E-state index contributed by atoms with van der Waals surface area (Å²) in [4.78, 5) is 0. The maximum absolute atomic E-state index is 12.0. The fraction of sp³-hybridized carbons (Fsp3) is 0.400. The second kappa shape index (κ2) is 4.25. The van der Waals surface area contributed by atoms with Crippen LogP contribution in [0, 0.1) is 0 Å². The molecule has 82 valence electrons. The number of hydrogen-bond acceptors (Lipinski definition) is 4. The molecular weight excluding hydrogens is 215 g/mol. The molecule has 0 spiro atoms. The molecular formula is C10H13O4P. The van der Waals surface area contributed by atoms with E-state index < -0.39 is 7.60 Å². The summed E-state index contributed by atoms with van der Waals surface area (Å²) in [6, 6.07) is 7.14. The van der Waals surface area contributed by atoms with Gasteiger partial charge in [0, 0.05) is 0 Å². The highest BCUT2D eigenvalue weighted by Gasteiger charge is 2.32. The lowest BCUT2D eigenvalue weighted by Crippen LogP contribution is -2.13. The van der Waals surface area contributed by atoms with E-state index in [1.807, 2.05) is 13.0 Å². The summed E-state index contributed by atoms with van der Waals surface area (Å²) in [6.45, 7) is 2.37. The van der Waals surface area contributed by atoms with E-state index in [0.717, 1.165) is 6.42 Å². The van der Waals surface area contributed by atoms with Gasteiger partial charge in [-0.05, 0) is 18.6 Å². The second-order valence-electron chi connectivity index (χ2n) is 3.26. The molecule has 0 aliphatic carbocycles. The van der Waals surface area contributed by atoms with E-state index in [-0.39, 0.29) is 6.35 Å². The first-order chi connectivity index (χ1) is 7.23. The molecule has 0 bridgehead atoms. The van der Waals surface area contributed by atoms with Gasteiger partial charge in [0.15, 0.2) is 11.5 Å². The fourth-order valence-electron chi connectivity index (χ4n) is 1.26. The Balaban J connectivity index is 2.14. The third kappa shape index (κ3) is 2.33. The zero-order chi connectivity index (χ0) is 10.7. The topological polar surface area (TPSA) is 44.8 Å². The van der Waals surface area contributed by atoms with Gasteiger partial charge in [-0.3, -0.25) is 4.52 Å². The van der Waals surface area contributed by atoms with Crippen LogP contribution in [0.4, 0.5) is 0 Å². The van der Waals surface area contributed by atoms with Gasteiger partial charge in [-0.15, -0.1) is 0 Å². The van der Waals surface area contributed by atoms with Crippen LogP contribution >= 0.6 is 7.60 Å². The monoisotopic (exact) mass is 228 g/mol. The van der Waals surface area contributed by atoms with Crippen LogP contribution in [0.15, 0.2) is 24.3 Å². The van der Waals surface area contributed by atoms with E-state index in [1.54, 1.807) is 18.2 Å². The van der Waals surface area contributed by atoms with Gasteiger partial charge in [0.1, 0.15) is 0 Å². The van der Waals surface area contributed by atoms with Crippen molar-refractivity contribution in [2.75, 3.05) is 13.0 Å². The van der Waals surface area contributed by atoms with E-state index in [9.17, 15) is 4.57 Å². The molecule has 0 fully saturated rings. The molecule has 1 aromatic rings. The largest absolute Gasteiger partial charge is 0.476 e. The summed E-state index contributed by atoms with van der Waals surface area (Å²) in [5.41, 5.74) is 0. The predicted octanol–water partition coefficient (Wildman–Crippen LogP) is 3.04. The van der Waals surface area contributed by atoms with Crippen molar-refractivity contribution in [2.24, 2.45) is 0 Å². The molecule has 1 aromatic carbocycles. The molecule has 15 heavy (non-hydrogen) atoms. The Morgan fingerprint density at radius 1 is 1.40 bits per heavy atom. The lowest BCUT2D eigenvalue weighted by Gasteiger charge is -2.25. The highest BCUT2D eigenvalue weighted by atomic mass is 31.2. The van der Waals surface area contributed by atoms with E-state index >= 15 is 0 Å². The molecule has 0 N–H and O–H groups in total. The highest BCUT2D eigenvalue weighted by Crippen LogP contribution is 2.54. The van der Waals surface area contributed by atoms with Crippen LogP contribution < -0.4 is 9.26 Å². The van der Waals surface area contributed by atoms with Crippen LogP contribution in [0.1, 0.15) is 13.3 Å². The average molecular weight is 228 g/mol. The number of fused-ring (bicyclic) bond motifs is 1. The number of ether oxygens (including phenoxy) is 1. The first-order valence-electron chi connectivity index (χ1n) is 4.88. The van der Waals surface area contributed by atoms with Gasteiger partial charge in [0.25, 0.3) is 0 Å². The van der Waals surface area contributed by atoms with Gasteiger partial charge in [-0.2, -0.15) is 0 Å². The first-order valence-corrected chi connectivity index (χ1v) is 6.61. The number of hydrogen-bond donors (Lipinski definition) is 0. The molecule has 0 saturated carbocycles. The zero-order valence-electron chi connectivity index (χ0n) is 8.51. The molecule has 1 heterocycles. The van der Waals surface area contributed by atoms with Crippen LogP contribution in [0.2, 0.25) is 0 Å². The van der Waals surface area contributed by atoms with Crippen molar-refractivity contribution < 1.29 is 18.3 Å². The molecule has 1 aliphatic rings. The van der Waals surface area contributed by atoms with Crippen LogP contribution in [-0.4, -0.2) is 13.0 Å². The maximum Gasteiger partial charge on any atom is 0.416 e. The van der Waals surface area contributed by atoms with Crippen molar-refractivity contribution in [1.29, 1.82) is 0 Å². The van der Waals surface area contributed by atoms with E-state index in [2.05, 4.69) is 0 Å². The van der Waals surface area contributed by atoms with Crippen molar-refractivity contribution in [3.8, 4) is 11.5 Å². The molecule has 5 heteroatoms. The van der Waals surface area contributed by atoms with Gasteiger partial charge in [0.2, 0.25) is 6.35 Å². The van der Waals surface area contributed by atoms with E-state index in [4.69, 9.17) is 13.8 Å². The fourth-order valence-corrected chi connectivity index (χ4v) is 2.65. The molecule has 0 radical (unpaired) electrons. The molecule has 0 saturated heterocycles. The predicted molar refractivity (Wildman–Crippen MR) is 56.4 cm³/mol. The minimum absolute atomic E-state index is 0.00991. The summed E-state index contributed by atoms with van der Waals surface area (Å²) in [5, 5.41) is 0. The van der Waals surface area contributed by atoms with Crippen molar-refractivity contribution in [3.63, 3.8) is 0 Å². The highest BCUT2D eigenvalue weighted by molar-refractivity contribution is 7.54. The van der Waals surface area contributed by atoms with Crippen LogP contribution in [-0.2, 0) is 9.09 Å². The Bertz CT molecular complexity index is 391. The molecule has 2 rings (SSSR count). The Labute approximate surface area is 88.7 Å². The van der Waals surface area contributed by atoms with E-state index in [0.29, 0.717) is 18.1 Å². The van der Waals surface area contributed by atoms with Crippen molar-refractivity contribution in [2.45, 2.75) is 13.3 Å². The molecule has 1 atom stereocenters. The second-order valence-corrected chi connectivity index (χ2v) is 5.18. The van der Waals surface area contributed by atoms with Crippen molar-refractivity contribution in [1.82, 2.24) is 0 Å². The zero-order valence-corrected chi connectivity index (χ0v) is 9.41. The number of benzene rings is 1. The maximum atomic E-state index is 12.0. The Morgan fingerprint density at radius 2 is 2.13 bits per heavy atom. The first kappa shape index (κ1) is 10.5. The third-order valence-corrected chi connectivity index (χ3v) is 3.45. The van der Waals surface area contributed by atoms with Crippen LogP contribution in [0.3, 0.4) is 0 Å². The molecule has 0 unspecified atom stereocenters. The van der Waals surface area contributed by atoms with Crippen molar-refractivity contribution in [3.05, 3.63) is 24.3 Å². The molecule has 1 aliphatic heterocycles. The summed E-state index contributed by atoms with van der Waals surface area (Å²) >= 11 is 0.